The zero-order valence-electron chi connectivity index (χ0n) is 14.4. The standard InChI is InChI=1S/C17H10Br2F8N2O/c18-12-5-10(7-28-29-17(26,27)15(21,22)16(23,24)25)6-13(19)14(12)30-8-9-1-3-11(20)4-2-9/h1-7,29H,8H2/b28-7+. The Morgan fingerprint density at radius 3 is 1.97 bits per heavy atom. The number of alkyl halides is 7. The molecule has 0 aromatic heterocycles. The fraction of sp³-hybridized carbons (Fsp3) is 0.235. The van der Waals surface area contributed by atoms with E-state index < -0.39 is 24.0 Å². The quantitative estimate of drug-likeness (QED) is 0.175. The number of halogens is 10. The lowest BCUT2D eigenvalue weighted by Gasteiger charge is -2.27. The normalized spacial score (nSPS) is 13.0. The van der Waals surface area contributed by atoms with Crippen molar-refractivity contribution in [2.24, 2.45) is 5.10 Å². The first-order valence-electron chi connectivity index (χ1n) is 7.73. The van der Waals surface area contributed by atoms with Crippen LogP contribution in [-0.2, 0) is 6.61 Å². The molecule has 0 fully saturated rings. The summed E-state index contributed by atoms with van der Waals surface area (Å²) < 4.78 is 107. The van der Waals surface area contributed by atoms with Gasteiger partial charge < -0.3 is 4.74 Å². The van der Waals surface area contributed by atoms with Crippen molar-refractivity contribution in [1.82, 2.24) is 5.43 Å². The number of hydrogen-bond acceptors (Lipinski definition) is 3. The van der Waals surface area contributed by atoms with Crippen molar-refractivity contribution < 1.29 is 39.9 Å². The smallest absolute Gasteiger partial charge is 0.462 e. The number of nitrogens with zero attached hydrogens (tertiary/aromatic N) is 1. The van der Waals surface area contributed by atoms with Gasteiger partial charge in [0.1, 0.15) is 18.2 Å². The molecule has 13 heteroatoms. The van der Waals surface area contributed by atoms with Crippen molar-refractivity contribution in [3.8, 4) is 5.75 Å². The van der Waals surface area contributed by atoms with Gasteiger partial charge in [0.05, 0.1) is 15.2 Å². The van der Waals surface area contributed by atoms with Crippen LogP contribution >= 0.6 is 31.9 Å². The molecule has 2 aromatic carbocycles. The molecular weight excluding hydrogens is 560 g/mol. The van der Waals surface area contributed by atoms with Gasteiger partial charge in [0.2, 0.25) is 0 Å². The molecule has 0 heterocycles. The first-order valence-corrected chi connectivity index (χ1v) is 9.32. The summed E-state index contributed by atoms with van der Waals surface area (Å²) in [5, 5.41) is 2.78. The lowest BCUT2D eigenvalue weighted by atomic mass is 10.2. The van der Waals surface area contributed by atoms with Crippen LogP contribution in [0.15, 0.2) is 50.4 Å². The molecule has 0 bridgehead atoms. The highest BCUT2D eigenvalue weighted by atomic mass is 79.9. The Bertz CT molecular complexity index is 894. The van der Waals surface area contributed by atoms with E-state index in [0.717, 1.165) is 0 Å². The van der Waals surface area contributed by atoms with Crippen molar-refractivity contribution in [2.45, 2.75) is 24.8 Å². The van der Waals surface area contributed by atoms with Crippen molar-refractivity contribution in [3.63, 3.8) is 0 Å². The monoisotopic (exact) mass is 568 g/mol. The lowest BCUT2D eigenvalue weighted by molar-refractivity contribution is -0.361. The zero-order chi connectivity index (χ0) is 22.7. The largest absolute Gasteiger partial charge is 0.487 e. The van der Waals surface area contributed by atoms with Crippen LogP contribution in [0.3, 0.4) is 0 Å². The summed E-state index contributed by atoms with van der Waals surface area (Å²) in [6.07, 6.45) is -5.84. The van der Waals surface area contributed by atoms with E-state index in [0.29, 0.717) is 26.1 Å². The van der Waals surface area contributed by atoms with E-state index in [1.54, 1.807) is 0 Å². The summed E-state index contributed by atoms with van der Waals surface area (Å²) in [5.74, 6) is -6.47. The topological polar surface area (TPSA) is 33.6 Å². The molecule has 0 spiro atoms. The van der Waals surface area contributed by atoms with Gasteiger partial charge in [-0.15, -0.1) is 0 Å². The van der Waals surface area contributed by atoms with E-state index >= 15 is 0 Å². The van der Waals surface area contributed by atoms with Gasteiger partial charge in [-0.2, -0.15) is 35.8 Å². The molecule has 164 valence electrons. The summed E-state index contributed by atoms with van der Waals surface area (Å²) in [6.45, 7) is 0.0607. The van der Waals surface area contributed by atoms with Crippen LogP contribution in [0, 0.1) is 5.82 Å². The van der Waals surface area contributed by atoms with Crippen LogP contribution in [0.1, 0.15) is 11.1 Å². The molecule has 0 radical (unpaired) electrons. The number of benzene rings is 2. The molecule has 0 aliphatic heterocycles. The third-order valence-corrected chi connectivity index (χ3v) is 4.66. The van der Waals surface area contributed by atoms with Gasteiger partial charge in [-0.05, 0) is 67.3 Å². The van der Waals surface area contributed by atoms with Gasteiger partial charge in [0.25, 0.3) is 0 Å². The lowest BCUT2D eigenvalue weighted by Crippen LogP contribution is -2.58. The highest BCUT2D eigenvalue weighted by Gasteiger charge is 2.73. The van der Waals surface area contributed by atoms with E-state index in [2.05, 4.69) is 37.0 Å². The van der Waals surface area contributed by atoms with Crippen LogP contribution in [0.2, 0.25) is 0 Å². The first-order chi connectivity index (χ1) is 13.7. The average Bonchev–Trinajstić information content (AvgIpc) is 2.61. The molecule has 0 amide bonds. The number of nitrogens with one attached hydrogen (secondary N) is 1. The molecule has 0 aliphatic rings. The Hall–Kier alpha value is -1.89. The summed E-state index contributed by atoms with van der Waals surface area (Å²) in [6, 6.07) is 2.43. The first kappa shape index (κ1) is 24.4. The van der Waals surface area contributed by atoms with Crippen LogP contribution < -0.4 is 10.2 Å². The predicted molar refractivity (Wildman–Crippen MR) is 99.3 cm³/mol. The van der Waals surface area contributed by atoms with Crippen LogP contribution in [0.5, 0.6) is 5.75 Å². The minimum atomic E-state index is -6.46. The molecule has 0 saturated heterocycles. The minimum Gasteiger partial charge on any atom is -0.487 e. The van der Waals surface area contributed by atoms with Crippen molar-refractivity contribution >= 4 is 38.1 Å². The van der Waals surface area contributed by atoms with E-state index in [1.165, 1.54) is 36.4 Å². The predicted octanol–water partition coefficient (Wildman–Crippen LogP) is 6.64. The Kier molecular flexibility index (Phi) is 7.38. The molecule has 1 N–H and O–H groups in total. The molecule has 3 nitrogen and oxygen atoms in total. The Morgan fingerprint density at radius 1 is 0.933 bits per heavy atom. The van der Waals surface area contributed by atoms with Crippen molar-refractivity contribution in [3.05, 3.63) is 62.3 Å². The summed E-state index contributed by atoms with van der Waals surface area (Å²) >= 11 is 6.32. The van der Waals surface area contributed by atoms with Gasteiger partial charge in [-0.25, -0.2) is 9.82 Å². The SMILES string of the molecule is Fc1ccc(COc2c(Br)cc(/C=N/NC(F)(F)C(F)(F)C(F)(F)F)cc2Br)cc1. The molecule has 2 rings (SSSR count). The number of hydrogen-bond donors (Lipinski definition) is 1. The summed E-state index contributed by atoms with van der Waals surface area (Å²) in [5.41, 5.74) is 1.25. The highest BCUT2D eigenvalue weighted by Crippen LogP contribution is 2.45. The van der Waals surface area contributed by atoms with Crippen LogP contribution in [0.25, 0.3) is 0 Å². The van der Waals surface area contributed by atoms with Crippen molar-refractivity contribution in [2.75, 3.05) is 0 Å². The maximum Gasteiger partial charge on any atom is 0.462 e. The van der Waals surface area contributed by atoms with Crippen LogP contribution in [0.4, 0.5) is 35.1 Å². The summed E-state index contributed by atoms with van der Waals surface area (Å²) in [7, 11) is 0. The average molecular weight is 570 g/mol. The molecular formula is C17H10Br2F8N2O. The van der Waals surface area contributed by atoms with E-state index in [9.17, 15) is 35.1 Å². The number of rotatable bonds is 7. The third kappa shape index (κ3) is 5.62. The highest BCUT2D eigenvalue weighted by molar-refractivity contribution is 9.11. The van der Waals surface area contributed by atoms with E-state index in [-0.39, 0.29) is 17.9 Å². The summed E-state index contributed by atoms with van der Waals surface area (Å²) in [4.78, 5) is 0. The molecule has 0 aliphatic carbocycles. The van der Waals surface area contributed by atoms with Gasteiger partial charge in [-0.3, -0.25) is 0 Å². The van der Waals surface area contributed by atoms with Crippen molar-refractivity contribution in [1.29, 1.82) is 0 Å². The number of hydrazone groups is 1. The maximum atomic E-state index is 13.2. The molecule has 0 saturated carbocycles. The van der Waals surface area contributed by atoms with Crippen LogP contribution in [-0.4, -0.2) is 24.4 Å². The fourth-order valence-corrected chi connectivity index (χ4v) is 3.41. The number of ether oxygens (including phenoxy) is 1. The maximum absolute atomic E-state index is 13.2. The second kappa shape index (κ2) is 9.08. The van der Waals surface area contributed by atoms with E-state index in [4.69, 9.17) is 4.74 Å². The second-order valence-corrected chi connectivity index (χ2v) is 7.45. The van der Waals surface area contributed by atoms with Gasteiger partial charge >= 0.3 is 18.1 Å². The molecule has 0 unspecified atom stereocenters. The molecule has 2 aromatic rings. The Balaban J connectivity index is 2.10. The molecule has 30 heavy (non-hydrogen) atoms. The minimum absolute atomic E-state index is 0.0607. The Morgan fingerprint density at radius 2 is 1.47 bits per heavy atom. The second-order valence-electron chi connectivity index (χ2n) is 5.75. The Labute approximate surface area is 181 Å². The van der Waals surface area contributed by atoms with Gasteiger partial charge in [0, 0.05) is 0 Å². The van der Waals surface area contributed by atoms with E-state index in [1.807, 2.05) is 0 Å². The van der Waals surface area contributed by atoms with Gasteiger partial charge in [-0.1, -0.05) is 12.1 Å². The third-order valence-electron chi connectivity index (χ3n) is 3.49. The zero-order valence-corrected chi connectivity index (χ0v) is 17.6. The fourth-order valence-electron chi connectivity index (χ4n) is 1.96. The molecule has 0 atom stereocenters. The van der Waals surface area contributed by atoms with Gasteiger partial charge in [0.15, 0.2) is 0 Å².